The van der Waals surface area contributed by atoms with Gasteiger partial charge in [0.05, 0.1) is 4.90 Å². The zero-order valence-electron chi connectivity index (χ0n) is 12.4. The van der Waals surface area contributed by atoms with Crippen LogP contribution >= 0.6 is 11.6 Å². The number of hydrogen-bond donors (Lipinski definition) is 0. The molecular formula is C15H20ClNO3S2. The van der Waals surface area contributed by atoms with Gasteiger partial charge in [0.1, 0.15) is 0 Å². The van der Waals surface area contributed by atoms with E-state index in [1.807, 2.05) is 6.92 Å². The monoisotopic (exact) mass is 361 g/mol. The van der Waals surface area contributed by atoms with Gasteiger partial charge in [-0.25, -0.2) is 8.42 Å². The molecule has 0 radical (unpaired) electrons. The molecule has 1 saturated heterocycles. The molecule has 1 saturated carbocycles. The molecule has 1 aromatic rings. The summed E-state index contributed by atoms with van der Waals surface area (Å²) in [5.74, 6) is 1.26. The van der Waals surface area contributed by atoms with Gasteiger partial charge in [-0.1, -0.05) is 18.5 Å². The normalized spacial score (nSPS) is 30.4. The van der Waals surface area contributed by atoms with E-state index in [9.17, 15) is 12.6 Å². The summed E-state index contributed by atoms with van der Waals surface area (Å²) in [5.41, 5.74) is 0. The first-order chi connectivity index (χ1) is 10.4. The second kappa shape index (κ2) is 6.23. The van der Waals surface area contributed by atoms with Crippen LogP contribution in [0.4, 0.5) is 0 Å². The summed E-state index contributed by atoms with van der Waals surface area (Å²) in [7, 11) is -4.50. The van der Waals surface area contributed by atoms with E-state index in [2.05, 4.69) is 0 Å². The van der Waals surface area contributed by atoms with Crippen molar-refractivity contribution in [1.82, 2.24) is 4.31 Å². The third-order valence-electron chi connectivity index (χ3n) is 4.45. The number of hydrogen-bond acceptors (Lipinski definition) is 3. The van der Waals surface area contributed by atoms with Gasteiger partial charge in [-0.15, -0.1) is 0 Å². The Kier molecular flexibility index (Phi) is 4.65. The van der Waals surface area contributed by atoms with E-state index in [0.29, 0.717) is 28.9 Å². The van der Waals surface area contributed by atoms with E-state index in [4.69, 9.17) is 11.6 Å². The average Bonchev–Trinajstić information content (AvgIpc) is 3.31. The molecule has 3 atom stereocenters. The van der Waals surface area contributed by atoms with Crippen LogP contribution in [0.5, 0.6) is 0 Å². The molecule has 4 nitrogen and oxygen atoms in total. The second-order valence-corrected chi connectivity index (χ2v) is 9.85. The highest BCUT2D eigenvalue weighted by Crippen LogP contribution is 2.41. The molecule has 0 amide bonds. The van der Waals surface area contributed by atoms with Gasteiger partial charge in [0.15, 0.2) is 0 Å². The molecule has 1 aliphatic heterocycles. The van der Waals surface area contributed by atoms with Crippen LogP contribution in [0, 0.1) is 5.92 Å². The molecule has 1 aromatic carbocycles. The van der Waals surface area contributed by atoms with Crippen molar-refractivity contribution in [2.75, 3.05) is 11.5 Å². The van der Waals surface area contributed by atoms with Gasteiger partial charge in [-0.05, 0) is 49.4 Å². The van der Waals surface area contributed by atoms with Crippen molar-refractivity contribution in [1.29, 1.82) is 0 Å². The summed E-state index contributed by atoms with van der Waals surface area (Å²) in [6.45, 7) is 1.96. The summed E-state index contributed by atoms with van der Waals surface area (Å²) < 4.78 is 40.0. The Labute approximate surface area is 139 Å². The first-order valence-electron chi connectivity index (χ1n) is 7.57. The van der Waals surface area contributed by atoms with Crippen molar-refractivity contribution >= 4 is 32.4 Å². The Balaban J connectivity index is 2.00. The molecule has 0 spiro atoms. The molecule has 0 N–H and O–H groups in total. The molecule has 0 bridgehead atoms. The summed E-state index contributed by atoms with van der Waals surface area (Å²) in [6, 6.07) is 6.01. The molecule has 0 aromatic heterocycles. The lowest BCUT2D eigenvalue weighted by atomic mass is 10.1. The summed E-state index contributed by atoms with van der Waals surface area (Å²) in [5, 5.41) is 0.518. The second-order valence-electron chi connectivity index (χ2n) is 6.03. The van der Waals surface area contributed by atoms with Crippen LogP contribution in [-0.2, 0) is 20.8 Å². The molecule has 3 unspecified atom stereocenters. The average molecular weight is 362 g/mol. The maximum absolute atomic E-state index is 13.1. The lowest BCUT2D eigenvalue weighted by Gasteiger charge is -2.40. The largest absolute Gasteiger partial charge is 0.259 e. The highest BCUT2D eigenvalue weighted by molar-refractivity contribution is 7.89. The van der Waals surface area contributed by atoms with E-state index >= 15 is 0 Å². The van der Waals surface area contributed by atoms with Crippen LogP contribution in [0.3, 0.4) is 0 Å². The zero-order chi connectivity index (χ0) is 15.9. The number of rotatable bonds is 4. The van der Waals surface area contributed by atoms with Crippen molar-refractivity contribution < 1.29 is 12.6 Å². The smallest absolute Gasteiger partial charge is 0.243 e. The van der Waals surface area contributed by atoms with Crippen molar-refractivity contribution in [2.45, 2.75) is 43.2 Å². The topological polar surface area (TPSA) is 54.5 Å². The van der Waals surface area contributed by atoms with Gasteiger partial charge >= 0.3 is 0 Å². The van der Waals surface area contributed by atoms with Crippen molar-refractivity contribution in [3.63, 3.8) is 0 Å². The van der Waals surface area contributed by atoms with Gasteiger partial charge in [0.2, 0.25) is 10.0 Å². The SMILES string of the molecule is CCC1CS(=O)CC(C2CC2)N1S(=O)(=O)c1ccc(Cl)cc1. The molecule has 7 heteroatoms. The predicted molar refractivity (Wildman–Crippen MR) is 88.9 cm³/mol. The molecular weight excluding hydrogens is 342 g/mol. The first-order valence-corrected chi connectivity index (χ1v) is 10.9. The van der Waals surface area contributed by atoms with E-state index in [-0.39, 0.29) is 17.0 Å². The minimum Gasteiger partial charge on any atom is -0.259 e. The maximum Gasteiger partial charge on any atom is 0.243 e. The third-order valence-corrected chi connectivity index (χ3v) is 8.16. The third kappa shape index (κ3) is 3.11. The van der Waals surface area contributed by atoms with Gasteiger partial charge in [0.25, 0.3) is 0 Å². The highest BCUT2D eigenvalue weighted by atomic mass is 35.5. The minimum absolute atomic E-state index is 0.125. The first kappa shape index (κ1) is 16.4. The Morgan fingerprint density at radius 2 is 1.86 bits per heavy atom. The van der Waals surface area contributed by atoms with Crippen LogP contribution in [0.15, 0.2) is 29.2 Å². The molecule has 1 aliphatic carbocycles. The predicted octanol–water partition coefficient (Wildman–Crippen LogP) is 2.65. The fraction of sp³-hybridized carbons (Fsp3) is 0.600. The summed E-state index contributed by atoms with van der Waals surface area (Å²) in [6.07, 6.45) is 2.75. The standard InChI is InChI=1S/C15H20ClNO3S2/c1-2-13-9-21(18)10-15(11-3-4-11)17(13)22(19,20)14-7-5-12(16)6-8-14/h5-8,11,13,15H,2-4,9-10H2,1H3. The summed E-state index contributed by atoms with van der Waals surface area (Å²) >= 11 is 5.86. The van der Waals surface area contributed by atoms with Crippen LogP contribution < -0.4 is 0 Å². The molecule has 1 heterocycles. The fourth-order valence-corrected chi connectivity index (χ4v) is 7.15. The maximum atomic E-state index is 13.1. The lowest BCUT2D eigenvalue weighted by molar-refractivity contribution is 0.242. The van der Waals surface area contributed by atoms with E-state index in [1.54, 1.807) is 28.6 Å². The highest BCUT2D eigenvalue weighted by Gasteiger charge is 2.47. The van der Waals surface area contributed by atoms with Crippen molar-refractivity contribution in [2.24, 2.45) is 5.92 Å². The fourth-order valence-electron chi connectivity index (χ4n) is 3.12. The summed E-state index contributed by atoms with van der Waals surface area (Å²) in [4.78, 5) is 0.272. The Bertz CT molecular complexity index is 671. The van der Waals surface area contributed by atoms with Gasteiger partial charge in [0, 0.05) is 39.4 Å². The number of benzene rings is 1. The van der Waals surface area contributed by atoms with Crippen LogP contribution in [-0.4, -0.2) is 40.5 Å². The molecule has 122 valence electrons. The molecule has 2 fully saturated rings. The van der Waals surface area contributed by atoms with Gasteiger partial charge in [-0.3, -0.25) is 4.21 Å². The zero-order valence-corrected chi connectivity index (χ0v) is 14.8. The van der Waals surface area contributed by atoms with E-state index < -0.39 is 20.8 Å². The quantitative estimate of drug-likeness (QED) is 0.828. The Hall–Kier alpha value is -0.430. The lowest BCUT2D eigenvalue weighted by Crippen LogP contribution is -2.56. The Morgan fingerprint density at radius 1 is 1.23 bits per heavy atom. The number of halogens is 1. The van der Waals surface area contributed by atoms with Crippen molar-refractivity contribution in [3.8, 4) is 0 Å². The number of nitrogens with zero attached hydrogens (tertiary/aromatic N) is 1. The van der Waals surface area contributed by atoms with Gasteiger partial charge < -0.3 is 0 Å². The van der Waals surface area contributed by atoms with Crippen molar-refractivity contribution in [3.05, 3.63) is 29.3 Å². The van der Waals surface area contributed by atoms with Crippen LogP contribution in [0.1, 0.15) is 26.2 Å². The number of sulfonamides is 1. The molecule has 22 heavy (non-hydrogen) atoms. The molecule has 3 rings (SSSR count). The minimum atomic E-state index is -3.58. The van der Waals surface area contributed by atoms with E-state index in [0.717, 1.165) is 12.8 Å². The Morgan fingerprint density at radius 3 is 2.41 bits per heavy atom. The molecule has 2 aliphatic rings. The van der Waals surface area contributed by atoms with Gasteiger partial charge in [-0.2, -0.15) is 4.31 Å². The van der Waals surface area contributed by atoms with Crippen LogP contribution in [0.25, 0.3) is 0 Å². The van der Waals surface area contributed by atoms with E-state index in [1.165, 1.54) is 0 Å². The van der Waals surface area contributed by atoms with Crippen LogP contribution in [0.2, 0.25) is 5.02 Å².